The van der Waals surface area contributed by atoms with Gasteiger partial charge < -0.3 is 24.7 Å². The van der Waals surface area contributed by atoms with E-state index in [4.69, 9.17) is 4.74 Å². The van der Waals surface area contributed by atoms with Crippen LogP contribution in [0, 0.1) is 6.92 Å². The molecule has 0 radical (unpaired) electrons. The number of aromatic nitrogens is 3. The van der Waals surface area contributed by atoms with E-state index in [2.05, 4.69) is 25.5 Å². The van der Waals surface area contributed by atoms with Crippen molar-refractivity contribution in [3.8, 4) is 5.75 Å². The molecule has 1 amide bonds. The van der Waals surface area contributed by atoms with E-state index in [-0.39, 0.29) is 24.4 Å². The fraction of sp³-hybridized carbons (Fsp3) is 0.381. The molecule has 0 atom stereocenters. The van der Waals surface area contributed by atoms with Gasteiger partial charge in [-0.05, 0) is 32.9 Å². The summed E-state index contributed by atoms with van der Waals surface area (Å²) in [6, 6.07) is 5.61. The van der Waals surface area contributed by atoms with Crippen molar-refractivity contribution in [1.82, 2.24) is 19.7 Å². The molecule has 0 unspecified atom stereocenters. The molecule has 0 bridgehead atoms. The summed E-state index contributed by atoms with van der Waals surface area (Å²) in [7, 11) is 0. The van der Waals surface area contributed by atoms with Crippen LogP contribution in [0.3, 0.4) is 0 Å². The van der Waals surface area contributed by atoms with Crippen LogP contribution in [0.15, 0.2) is 36.8 Å². The molecule has 3 aromatic heterocycles. The van der Waals surface area contributed by atoms with Crippen molar-refractivity contribution in [2.45, 2.75) is 26.9 Å². The van der Waals surface area contributed by atoms with Crippen molar-refractivity contribution < 1.29 is 9.53 Å². The first-order valence-electron chi connectivity index (χ1n) is 9.88. The number of imidazole rings is 1. The van der Waals surface area contributed by atoms with E-state index in [0.29, 0.717) is 17.1 Å². The molecule has 9 heteroatoms. The summed E-state index contributed by atoms with van der Waals surface area (Å²) in [5, 5.41) is 6.21. The molecule has 1 aliphatic heterocycles. The average Bonchev–Trinajstić information content (AvgIpc) is 3.07. The van der Waals surface area contributed by atoms with E-state index in [0.717, 1.165) is 43.2 Å². The van der Waals surface area contributed by atoms with Crippen LogP contribution in [-0.2, 0) is 0 Å². The number of aryl methyl sites for hydroxylation is 1. The molecule has 0 aliphatic carbocycles. The Morgan fingerprint density at radius 3 is 2.67 bits per heavy atom. The monoisotopic (exact) mass is 430 g/mol. The third-order valence-electron chi connectivity index (χ3n) is 4.75. The molecule has 1 fully saturated rings. The number of halogens is 1. The van der Waals surface area contributed by atoms with Gasteiger partial charge in [0.1, 0.15) is 17.2 Å². The number of nitrogens with one attached hydrogen (secondary N) is 2. The maximum atomic E-state index is 13.0. The van der Waals surface area contributed by atoms with Crippen LogP contribution in [-0.4, -0.2) is 52.6 Å². The smallest absolute Gasteiger partial charge is 0.262 e. The van der Waals surface area contributed by atoms with Crippen LogP contribution in [0.5, 0.6) is 5.75 Å². The minimum absolute atomic E-state index is 0. The van der Waals surface area contributed by atoms with Gasteiger partial charge in [-0.15, -0.1) is 12.4 Å². The first-order chi connectivity index (χ1) is 14.0. The summed E-state index contributed by atoms with van der Waals surface area (Å²) in [5.74, 6) is 0.746. The van der Waals surface area contributed by atoms with E-state index in [1.165, 1.54) is 0 Å². The van der Waals surface area contributed by atoms with E-state index >= 15 is 0 Å². The number of rotatable bonds is 5. The number of hydrogen-bond acceptors (Lipinski definition) is 6. The lowest BCUT2D eigenvalue weighted by molar-refractivity contribution is 0.102. The van der Waals surface area contributed by atoms with Crippen molar-refractivity contribution in [2.24, 2.45) is 0 Å². The molecule has 2 N–H and O–H groups in total. The standard InChI is InChI=1S/C21H26N6O2.ClH/c1-14(2)29-18-10-20-24-15(3)12-27(20)13-17(18)21(28)25-19-5-4-16(11-23-19)26-8-6-22-7-9-26;/h4-5,10-14,22H,6-9H2,1-3H3,(H,23,25,28);1H. The third kappa shape index (κ3) is 4.83. The van der Waals surface area contributed by atoms with Crippen LogP contribution < -0.4 is 20.3 Å². The maximum Gasteiger partial charge on any atom is 0.262 e. The number of anilines is 2. The van der Waals surface area contributed by atoms with Gasteiger partial charge in [0.2, 0.25) is 0 Å². The van der Waals surface area contributed by atoms with Gasteiger partial charge in [0.15, 0.2) is 0 Å². The second-order valence-corrected chi connectivity index (χ2v) is 7.46. The lowest BCUT2D eigenvalue weighted by Gasteiger charge is -2.29. The number of pyridine rings is 2. The minimum atomic E-state index is -0.267. The Bertz CT molecular complexity index is 1010. The van der Waals surface area contributed by atoms with Gasteiger partial charge in [-0.1, -0.05) is 0 Å². The first-order valence-corrected chi connectivity index (χ1v) is 9.88. The maximum absolute atomic E-state index is 13.0. The molecule has 1 aliphatic rings. The van der Waals surface area contributed by atoms with Gasteiger partial charge in [-0.2, -0.15) is 0 Å². The number of hydrogen-bond donors (Lipinski definition) is 2. The predicted molar refractivity (Wildman–Crippen MR) is 120 cm³/mol. The Hall–Kier alpha value is -2.84. The van der Waals surface area contributed by atoms with Crippen LogP contribution in [0.2, 0.25) is 0 Å². The predicted octanol–water partition coefficient (Wildman–Crippen LogP) is 2.91. The van der Waals surface area contributed by atoms with Gasteiger partial charge >= 0.3 is 0 Å². The second-order valence-electron chi connectivity index (χ2n) is 7.46. The molecule has 160 valence electrons. The zero-order valence-corrected chi connectivity index (χ0v) is 18.2. The molecule has 1 saturated heterocycles. The number of piperazine rings is 1. The number of amides is 1. The fourth-order valence-corrected chi connectivity index (χ4v) is 3.42. The highest BCUT2D eigenvalue weighted by atomic mass is 35.5. The molecular weight excluding hydrogens is 404 g/mol. The Balaban J connectivity index is 0.00000256. The molecule has 0 spiro atoms. The van der Waals surface area contributed by atoms with Gasteiger partial charge in [0, 0.05) is 44.6 Å². The van der Waals surface area contributed by atoms with Crippen LogP contribution >= 0.6 is 12.4 Å². The van der Waals surface area contributed by atoms with Gasteiger partial charge in [0.05, 0.1) is 29.2 Å². The minimum Gasteiger partial charge on any atom is -0.490 e. The van der Waals surface area contributed by atoms with Gasteiger partial charge in [-0.3, -0.25) is 4.79 Å². The lowest BCUT2D eigenvalue weighted by atomic mass is 10.2. The summed E-state index contributed by atoms with van der Waals surface area (Å²) in [5.41, 5.74) is 3.12. The molecule has 4 rings (SSSR count). The number of carbonyl (C=O) groups is 1. The number of nitrogens with zero attached hydrogens (tertiary/aromatic N) is 4. The van der Waals surface area contributed by atoms with Gasteiger partial charge in [0.25, 0.3) is 5.91 Å². The van der Waals surface area contributed by atoms with Crippen molar-refractivity contribution >= 4 is 35.5 Å². The summed E-state index contributed by atoms with van der Waals surface area (Å²) in [4.78, 5) is 24.1. The van der Waals surface area contributed by atoms with Gasteiger partial charge in [-0.25, -0.2) is 9.97 Å². The Morgan fingerprint density at radius 1 is 1.23 bits per heavy atom. The average molecular weight is 431 g/mol. The third-order valence-corrected chi connectivity index (χ3v) is 4.75. The van der Waals surface area contributed by atoms with E-state index in [1.807, 2.05) is 43.5 Å². The molecular formula is C21H27ClN6O2. The first kappa shape index (κ1) is 21.9. The normalized spacial score (nSPS) is 13.9. The Kier molecular flexibility index (Phi) is 6.79. The SMILES string of the molecule is Cc1cn2cc(C(=O)Nc3ccc(N4CCNCC4)cn3)c(OC(C)C)cc2n1.Cl. The van der Waals surface area contributed by atoms with E-state index in [1.54, 1.807) is 18.5 Å². The molecule has 3 aromatic rings. The summed E-state index contributed by atoms with van der Waals surface area (Å²) < 4.78 is 7.70. The van der Waals surface area contributed by atoms with Crippen molar-refractivity contribution in [2.75, 3.05) is 36.4 Å². The largest absolute Gasteiger partial charge is 0.490 e. The highest BCUT2D eigenvalue weighted by Gasteiger charge is 2.18. The zero-order chi connectivity index (χ0) is 20.4. The van der Waals surface area contributed by atoms with E-state index in [9.17, 15) is 4.79 Å². The highest BCUT2D eigenvalue weighted by molar-refractivity contribution is 6.05. The topological polar surface area (TPSA) is 83.8 Å². The van der Waals surface area contributed by atoms with Crippen LogP contribution in [0.25, 0.3) is 5.65 Å². The zero-order valence-electron chi connectivity index (χ0n) is 17.4. The molecule has 8 nitrogen and oxygen atoms in total. The Labute approximate surface area is 182 Å². The fourth-order valence-electron chi connectivity index (χ4n) is 3.42. The molecule has 0 aromatic carbocycles. The summed E-state index contributed by atoms with van der Waals surface area (Å²) >= 11 is 0. The van der Waals surface area contributed by atoms with Crippen molar-refractivity contribution in [3.05, 3.63) is 48.0 Å². The quantitative estimate of drug-likeness (QED) is 0.647. The molecule has 4 heterocycles. The summed E-state index contributed by atoms with van der Waals surface area (Å²) in [6.07, 6.45) is 5.37. The second kappa shape index (κ2) is 9.32. The van der Waals surface area contributed by atoms with Crippen LogP contribution in [0.1, 0.15) is 29.9 Å². The number of carbonyl (C=O) groups excluding carboxylic acids is 1. The Morgan fingerprint density at radius 2 is 2.00 bits per heavy atom. The van der Waals surface area contributed by atoms with Crippen molar-refractivity contribution in [3.63, 3.8) is 0 Å². The molecule has 30 heavy (non-hydrogen) atoms. The van der Waals surface area contributed by atoms with Crippen LogP contribution in [0.4, 0.5) is 11.5 Å². The lowest BCUT2D eigenvalue weighted by Crippen LogP contribution is -2.43. The molecule has 0 saturated carbocycles. The van der Waals surface area contributed by atoms with E-state index < -0.39 is 0 Å². The van der Waals surface area contributed by atoms with Crippen molar-refractivity contribution in [1.29, 1.82) is 0 Å². The highest BCUT2D eigenvalue weighted by Crippen LogP contribution is 2.24. The number of ether oxygens (including phenoxy) is 1. The summed E-state index contributed by atoms with van der Waals surface area (Å²) in [6.45, 7) is 9.61. The number of fused-ring (bicyclic) bond motifs is 1.